The number of hydrogen-bond acceptors (Lipinski definition) is 4. The SMILES string of the molecule is Cc1onc(-c2ccccc2)c1C(=O)N[C@@H]1CC[C@@H]1N. The molecule has 1 aliphatic rings. The van der Waals surface area contributed by atoms with Crippen molar-refractivity contribution in [3.05, 3.63) is 41.7 Å². The number of aryl methyl sites for hydroxylation is 1. The fraction of sp³-hybridized carbons (Fsp3) is 0.333. The number of nitrogens with zero attached hydrogens (tertiary/aromatic N) is 1. The molecular formula is C15H17N3O2. The van der Waals surface area contributed by atoms with Crippen molar-refractivity contribution < 1.29 is 9.32 Å². The minimum atomic E-state index is -0.164. The highest BCUT2D eigenvalue weighted by atomic mass is 16.5. The lowest BCUT2D eigenvalue weighted by Crippen LogP contribution is -2.54. The van der Waals surface area contributed by atoms with E-state index in [4.69, 9.17) is 10.3 Å². The van der Waals surface area contributed by atoms with Gasteiger partial charge in [0.05, 0.1) is 0 Å². The maximum atomic E-state index is 12.4. The molecule has 5 heteroatoms. The van der Waals surface area contributed by atoms with E-state index >= 15 is 0 Å². The van der Waals surface area contributed by atoms with Gasteiger partial charge in [-0.1, -0.05) is 35.5 Å². The Morgan fingerprint density at radius 2 is 2.10 bits per heavy atom. The molecule has 5 nitrogen and oxygen atoms in total. The van der Waals surface area contributed by atoms with E-state index in [0.29, 0.717) is 17.0 Å². The van der Waals surface area contributed by atoms with Gasteiger partial charge in [-0.2, -0.15) is 0 Å². The molecule has 2 aromatic rings. The Kier molecular flexibility index (Phi) is 3.28. The van der Waals surface area contributed by atoms with Crippen molar-refractivity contribution >= 4 is 5.91 Å². The average molecular weight is 271 g/mol. The normalized spacial score (nSPS) is 21.3. The maximum absolute atomic E-state index is 12.4. The summed E-state index contributed by atoms with van der Waals surface area (Å²) in [5.41, 5.74) is 7.80. The number of aromatic nitrogens is 1. The van der Waals surface area contributed by atoms with Crippen LogP contribution in [0.25, 0.3) is 11.3 Å². The van der Waals surface area contributed by atoms with Crippen molar-refractivity contribution in [1.29, 1.82) is 0 Å². The van der Waals surface area contributed by atoms with Crippen LogP contribution in [0.1, 0.15) is 29.0 Å². The van der Waals surface area contributed by atoms with Crippen molar-refractivity contribution in [2.24, 2.45) is 5.73 Å². The Morgan fingerprint density at radius 1 is 1.35 bits per heavy atom. The highest BCUT2D eigenvalue weighted by Crippen LogP contribution is 2.26. The first-order chi connectivity index (χ1) is 9.66. The second-order valence-electron chi connectivity index (χ2n) is 5.15. The first kappa shape index (κ1) is 12.9. The molecule has 0 aliphatic heterocycles. The molecule has 1 aromatic heterocycles. The van der Waals surface area contributed by atoms with E-state index in [0.717, 1.165) is 18.4 Å². The Labute approximate surface area is 117 Å². The minimum Gasteiger partial charge on any atom is -0.360 e. The lowest BCUT2D eigenvalue weighted by molar-refractivity contribution is 0.0905. The van der Waals surface area contributed by atoms with Crippen molar-refractivity contribution in [2.45, 2.75) is 31.8 Å². The number of carbonyl (C=O) groups excluding carboxylic acids is 1. The molecule has 3 rings (SSSR count). The van der Waals surface area contributed by atoms with Crippen LogP contribution < -0.4 is 11.1 Å². The molecule has 0 saturated heterocycles. The number of rotatable bonds is 3. The third-order valence-corrected chi connectivity index (χ3v) is 3.78. The molecule has 0 spiro atoms. The molecule has 20 heavy (non-hydrogen) atoms. The zero-order chi connectivity index (χ0) is 14.1. The van der Waals surface area contributed by atoms with Gasteiger partial charge in [-0.05, 0) is 19.8 Å². The first-order valence-electron chi connectivity index (χ1n) is 6.75. The second kappa shape index (κ2) is 5.09. The van der Waals surface area contributed by atoms with Crippen LogP contribution in [0.2, 0.25) is 0 Å². The zero-order valence-electron chi connectivity index (χ0n) is 11.3. The predicted molar refractivity (Wildman–Crippen MR) is 75.1 cm³/mol. The third kappa shape index (κ3) is 2.20. The quantitative estimate of drug-likeness (QED) is 0.893. The molecule has 1 fully saturated rings. The molecule has 1 amide bonds. The van der Waals surface area contributed by atoms with Crippen LogP contribution in [0.3, 0.4) is 0 Å². The van der Waals surface area contributed by atoms with E-state index < -0.39 is 0 Å². The lowest BCUT2D eigenvalue weighted by Gasteiger charge is -2.34. The van der Waals surface area contributed by atoms with Gasteiger partial charge < -0.3 is 15.6 Å². The Morgan fingerprint density at radius 3 is 2.70 bits per heavy atom. The van der Waals surface area contributed by atoms with Crippen molar-refractivity contribution in [1.82, 2.24) is 10.5 Å². The van der Waals surface area contributed by atoms with Gasteiger partial charge in [-0.25, -0.2) is 0 Å². The fourth-order valence-corrected chi connectivity index (χ4v) is 2.38. The fourth-order valence-electron chi connectivity index (χ4n) is 2.38. The first-order valence-corrected chi connectivity index (χ1v) is 6.75. The minimum absolute atomic E-state index is 0.0549. The van der Waals surface area contributed by atoms with Gasteiger partial charge in [0.2, 0.25) is 0 Å². The van der Waals surface area contributed by atoms with E-state index in [-0.39, 0.29) is 18.0 Å². The molecule has 1 saturated carbocycles. The van der Waals surface area contributed by atoms with Gasteiger partial charge in [0.25, 0.3) is 5.91 Å². The highest BCUT2D eigenvalue weighted by molar-refractivity contribution is 6.01. The van der Waals surface area contributed by atoms with Crippen LogP contribution in [-0.2, 0) is 0 Å². The van der Waals surface area contributed by atoms with Gasteiger partial charge in [-0.3, -0.25) is 4.79 Å². The van der Waals surface area contributed by atoms with Gasteiger partial charge in [0.1, 0.15) is 17.0 Å². The third-order valence-electron chi connectivity index (χ3n) is 3.78. The summed E-state index contributed by atoms with van der Waals surface area (Å²) in [6.45, 7) is 1.75. The number of benzene rings is 1. The van der Waals surface area contributed by atoms with Crippen LogP contribution >= 0.6 is 0 Å². The van der Waals surface area contributed by atoms with E-state index in [9.17, 15) is 4.79 Å². The van der Waals surface area contributed by atoms with Crippen LogP contribution in [0.15, 0.2) is 34.9 Å². The highest BCUT2D eigenvalue weighted by Gasteiger charge is 2.31. The summed E-state index contributed by atoms with van der Waals surface area (Å²) >= 11 is 0. The smallest absolute Gasteiger partial charge is 0.257 e. The van der Waals surface area contributed by atoms with E-state index in [2.05, 4.69) is 10.5 Å². The van der Waals surface area contributed by atoms with E-state index in [1.807, 2.05) is 30.3 Å². The molecule has 104 valence electrons. The molecule has 0 unspecified atom stereocenters. The van der Waals surface area contributed by atoms with Gasteiger partial charge in [0.15, 0.2) is 0 Å². The lowest BCUT2D eigenvalue weighted by atomic mass is 9.87. The summed E-state index contributed by atoms with van der Waals surface area (Å²) in [4.78, 5) is 12.4. The largest absolute Gasteiger partial charge is 0.360 e. The van der Waals surface area contributed by atoms with Crippen LogP contribution in [0.4, 0.5) is 0 Å². The molecule has 1 heterocycles. The second-order valence-corrected chi connectivity index (χ2v) is 5.15. The van der Waals surface area contributed by atoms with Crippen molar-refractivity contribution in [3.63, 3.8) is 0 Å². The standard InChI is InChI=1S/C15H17N3O2/c1-9-13(15(19)17-12-8-7-11(12)16)14(18-20-9)10-5-3-2-4-6-10/h2-6,11-12H,7-8,16H2,1H3,(H,17,19)/t11-,12+/m0/s1. The molecule has 1 aliphatic carbocycles. The maximum Gasteiger partial charge on any atom is 0.257 e. The van der Waals surface area contributed by atoms with Gasteiger partial charge in [-0.15, -0.1) is 0 Å². The molecule has 2 atom stereocenters. The molecule has 1 aromatic carbocycles. The van der Waals surface area contributed by atoms with Gasteiger partial charge >= 0.3 is 0 Å². The number of nitrogens with one attached hydrogen (secondary N) is 1. The number of carbonyl (C=O) groups is 1. The summed E-state index contributed by atoms with van der Waals surface area (Å²) in [6, 6.07) is 9.65. The van der Waals surface area contributed by atoms with Crippen molar-refractivity contribution in [3.8, 4) is 11.3 Å². The summed E-state index contributed by atoms with van der Waals surface area (Å²) in [7, 11) is 0. The summed E-state index contributed by atoms with van der Waals surface area (Å²) in [6.07, 6.45) is 1.89. The summed E-state index contributed by atoms with van der Waals surface area (Å²) in [5, 5.41) is 6.97. The summed E-state index contributed by atoms with van der Waals surface area (Å²) in [5.74, 6) is 0.358. The van der Waals surface area contributed by atoms with E-state index in [1.54, 1.807) is 6.92 Å². The molecule has 0 radical (unpaired) electrons. The topological polar surface area (TPSA) is 81.2 Å². The zero-order valence-corrected chi connectivity index (χ0v) is 11.3. The van der Waals surface area contributed by atoms with Gasteiger partial charge in [0, 0.05) is 17.6 Å². The number of amides is 1. The molecule has 3 N–H and O–H groups in total. The average Bonchev–Trinajstić information content (AvgIpc) is 2.85. The van der Waals surface area contributed by atoms with Crippen LogP contribution in [-0.4, -0.2) is 23.1 Å². The monoisotopic (exact) mass is 271 g/mol. The number of nitrogens with two attached hydrogens (primary N) is 1. The van der Waals surface area contributed by atoms with Crippen molar-refractivity contribution in [2.75, 3.05) is 0 Å². The Hall–Kier alpha value is -2.14. The predicted octanol–water partition coefficient (Wildman–Crippen LogP) is 1.87. The summed E-state index contributed by atoms with van der Waals surface area (Å²) < 4.78 is 5.19. The number of hydrogen-bond donors (Lipinski definition) is 2. The van der Waals surface area contributed by atoms with Crippen LogP contribution in [0.5, 0.6) is 0 Å². The molecule has 0 bridgehead atoms. The van der Waals surface area contributed by atoms with E-state index in [1.165, 1.54) is 0 Å². The Bertz CT molecular complexity index is 621. The van der Waals surface area contributed by atoms with Crippen LogP contribution in [0, 0.1) is 6.92 Å². The molecular weight excluding hydrogens is 254 g/mol. The Balaban J connectivity index is 1.89.